The van der Waals surface area contributed by atoms with Crippen molar-refractivity contribution < 1.29 is 14.3 Å². The fraction of sp³-hybridized carbons (Fsp3) is 0.190. The first-order valence-corrected chi connectivity index (χ1v) is 8.63. The quantitative estimate of drug-likeness (QED) is 0.294. The Morgan fingerprint density at radius 3 is 2.48 bits per heavy atom. The molecule has 0 saturated heterocycles. The predicted molar refractivity (Wildman–Crippen MR) is 106 cm³/mol. The van der Waals surface area contributed by atoms with E-state index < -0.39 is 5.91 Å². The molecule has 0 aromatic heterocycles. The number of rotatable bonds is 10. The van der Waals surface area contributed by atoms with Crippen molar-refractivity contribution in [1.82, 2.24) is 10.7 Å². The van der Waals surface area contributed by atoms with Gasteiger partial charge in [0, 0.05) is 6.54 Å². The summed E-state index contributed by atoms with van der Waals surface area (Å²) in [5.74, 6) is -0.0694. The van der Waals surface area contributed by atoms with Gasteiger partial charge >= 0.3 is 0 Å². The Labute approximate surface area is 158 Å². The zero-order valence-corrected chi connectivity index (χ0v) is 15.1. The summed E-state index contributed by atoms with van der Waals surface area (Å²) in [5.41, 5.74) is 4.28. The van der Waals surface area contributed by atoms with E-state index in [-0.39, 0.29) is 12.3 Å². The topological polar surface area (TPSA) is 79.8 Å². The monoisotopic (exact) mass is 365 g/mol. The molecule has 2 N–H and O–H groups in total. The molecule has 140 valence electrons. The number of amides is 2. The number of ether oxygens (including phenoxy) is 1. The van der Waals surface area contributed by atoms with E-state index in [1.165, 1.54) is 6.21 Å². The van der Waals surface area contributed by atoms with Crippen LogP contribution in [0.3, 0.4) is 0 Å². The van der Waals surface area contributed by atoms with Crippen LogP contribution < -0.4 is 15.5 Å². The second-order valence-electron chi connectivity index (χ2n) is 5.72. The zero-order valence-electron chi connectivity index (χ0n) is 15.1. The highest BCUT2D eigenvalue weighted by atomic mass is 16.5. The number of hydrogen-bond donors (Lipinski definition) is 2. The second-order valence-corrected chi connectivity index (χ2v) is 5.72. The normalized spacial score (nSPS) is 10.4. The summed E-state index contributed by atoms with van der Waals surface area (Å²) in [4.78, 5) is 23.5. The van der Waals surface area contributed by atoms with E-state index in [2.05, 4.69) is 22.4 Å². The fourth-order valence-corrected chi connectivity index (χ4v) is 2.22. The largest absolute Gasteiger partial charge is 0.490 e. The van der Waals surface area contributed by atoms with Gasteiger partial charge in [0.05, 0.1) is 6.21 Å². The fourth-order valence-electron chi connectivity index (χ4n) is 2.22. The van der Waals surface area contributed by atoms with Crippen LogP contribution in [0.5, 0.6) is 5.75 Å². The van der Waals surface area contributed by atoms with Crippen molar-refractivity contribution in [2.24, 2.45) is 5.10 Å². The lowest BCUT2D eigenvalue weighted by molar-refractivity contribution is -0.129. The lowest BCUT2D eigenvalue weighted by Gasteiger charge is -2.05. The number of hydrazone groups is 1. The molecular formula is C21H23N3O3. The van der Waals surface area contributed by atoms with Crippen LogP contribution in [0, 0.1) is 0 Å². The van der Waals surface area contributed by atoms with E-state index in [0.29, 0.717) is 13.2 Å². The van der Waals surface area contributed by atoms with E-state index >= 15 is 0 Å². The molecule has 2 rings (SSSR count). The average molecular weight is 365 g/mol. The Morgan fingerprint density at radius 2 is 1.78 bits per heavy atom. The molecule has 0 fully saturated rings. The number of carbonyl (C=O) groups excluding carboxylic acids is 2. The van der Waals surface area contributed by atoms with Gasteiger partial charge in [-0.15, -0.1) is 0 Å². The average Bonchev–Trinajstić information content (AvgIpc) is 2.68. The maximum absolute atomic E-state index is 11.8. The molecule has 2 amide bonds. The Bertz CT molecular complexity index is 771. The predicted octanol–water partition coefficient (Wildman–Crippen LogP) is 2.45. The highest BCUT2D eigenvalue weighted by molar-refractivity contribution is 5.97. The first kappa shape index (κ1) is 19.9. The van der Waals surface area contributed by atoms with Crippen LogP contribution in [0.15, 0.2) is 72.4 Å². The van der Waals surface area contributed by atoms with Crippen LogP contribution in [-0.4, -0.2) is 31.2 Å². The maximum atomic E-state index is 11.8. The number of hydrogen-bond acceptors (Lipinski definition) is 4. The van der Waals surface area contributed by atoms with Gasteiger partial charge in [-0.3, -0.25) is 9.59 Å². The Hall–Kier alpha value is -3.41. The van der Waals surface area contributed by atoms with Gasteiger partial charge in [-0.25, -0.2) is 5.43 Å². The molecule has 27 heavy (non-hydrogen) atoms. The van der Waals surface area contributed by atoms with Gasteiger partial charge in [0.1, 0.15) is 18.8 Å². The standard InChI is InChI=1S/C21H23N3O3/c1-2-14-27-19-10-8-18(9-11-19)16-23-24-21(26)15-20(25)22-13-12-17-6-4-3-5-7-17/h2-11,16H,1,12-15H2,(H,22,25)(H,24,26)/b23-16-. The summed E-state index contributed by atoms with van der Waals surface area (Å²) < 4.78 is 5.38. The molecule has 6 nitrogen and oxygen atoms in total. The molecule has 0 aliphatic heterocycles. The molecule has 0 aliphatic rings. The van der Waals surface area contributed by atoms with Crippen molar-refractivity contribution >= 4 is 18.0 Å². The minimum atomic E-state index is -0.464. The van der Waals surface area contributed by atoms with E-state index in [0.717, 1.165) is 23.3 Å². The first-order chi connectivity index (χ1) is 13.2. The molecular weight excluding hydrogens is 342 g/mol. The lowest BCUT2D eigenvalue weighted by Crippen LogP contribution is -2.31. The van der Waals surface area contributed by atoms with Gasteiger partial charge in [0.2, 0.25) is 11.8 Å². The van der Waals surface area contributed by atoms with Crippen molar-refractivity contribution in [2.75, 3.05) is 13.2 Å². The summed E-state index contributed by atoms with van der Waals surface area (Å²) in [6, 6.07) is 17.0. The molecule has 2 aromatic rings. The van der Waals surface area contributed by atoms with E-state index in [9.17, 15) is 9.59 Å². The van der Waals surface area contributed by atoms with Crippen molar-refractivity contribution in [3.63, 3.8) is 0 Å². The summed E-state index contributed by atoms with van der Waals surface area (Å²) in [7, 11) is 0. The van der Waals surface area contributed by atoms with Gasteiger partial charge in [0.25, 0.3) is 0 Å². The Kier molecular flexibility index (Phi) is 8.30. The molecule has 0 unspecified atom stereocenters. The Balaban J connectivity index is 1.66. The molecule has 6 heteroatoms. The highest BCUT2D eigenvalue weighted by Gasteiger charge is 2.07. The highest BCUT2D eigenvalue weighted by Crippen LogP contribution is 2.10. The van der Waals surface area contributed by atoms with E-state index in [1.54, 1.807) is 18.2 Å². The molecule has 0 saturated carbocycles. The van der Waals surface area contributed by atoms with Crippen LogP contribution in [-0.2, 0) is 16.0 Å². The SMILES string of the molecule is C=CCOc1ccc(/C=N\NC(=O)CC(=O)NCCc2ccccc2)cc1. The number of carbonyl (C=O) groups is 2. The van der Waals surface area contributed by atoms with Crippen LogP contribution in [0.1, 0.15) is 17.5 Å². The minimum Gasteiger partial charge on any atom is -0.490 e. The van der Waals surface area contributed by atoms with Crippen molar-refractivity contribution in [3.05, 3.63) is 78.4 Å². The van der Waals surface area contributed by atoms with Crippen LogP contribution in [0.25, 0.3) is 0 Å². The second kappa shape index (κ2) is 11.3. The smallest absolute Gasteiger partial charge is 0.249 e. The minimum absolute atomic E-state index is 0.263. The molecule has 0 spiro atoms. The number of nitrogens with zero attached hydrogens (tertiary/aromatic N) is 1. The summed E-state index contributed by atoms with van der Waals surface area (Å²) in [6.45, 7) is 4.51. The maximum Gasteiger partial charge on any atom is 0.249 e. The Morgan fingerprint density at radius 1 is 1.04 bits per heavy atom. The van der Waals surface area contributed by atoms with E-state index in [1.807, 2.05) is 42.5 Å². The number of benzene rings is 2. The van der Waals surface area contributed by atoms with Crippen molar-refractivity contribution in [3.8, 4) is 5.75 Å². The third kappa shape index (κ3) is 8.00. The third-order valence-corrected chi connectivity index (χ3v) is 3.55. The first-order valence-electron chi connectivity index (χ1n) is 8.63. The van der Waals surface area contributed by atoms with Crippen LogP contribution in [0.2, 0.25) is 0 Å². The number of nitrogens with one attached hydrogen (secondary N) is 2. The lowest BCUT2D eigenvalue weighted by atomic mass is 10.1. The van der Waals surface area contributed by atoms with Gasteiger partial charge in [-0.2, -0.15) is 5.10 Å². The van der Waals surface area contributed by atoms with Crippen molar-refractivity contribution in [2.45, 2.75) is 12.8 Å². The van der Waals surface area contributed by atoms with Crippen LogP contribution >= 0.6 is 0 Å². The van der Waals surface area contributed by atoms with Gasteiger partial charge in [-0.1, -0.05) is 43.0 Å². The van der Waals surface area contributed by atoms with Gasteiger partial charge in [-0.05, 0) is 41.8 Å². The van der Waals surface area contributed by atoms with Gasteiger partial charge in [0.15, 0.2) is 0 Å². The summed E-state index contributed by atoms with van der Waals surface area (Å²) >= 11 is 0. The summed E-state index contributed by atoms with van der Waals surface area (Å²) in [6.07, 6.45) is 3.63. The molecule has 0 bridgehead atoms. The van der Waals surface area contributed by atoms with Gasteiger partial charge < -0.3 is 10.1 Å². The molecule has 0 radical (unpaired) electrons. The molecule has 0 atom stereocenters. The third-order valence-electron chi connectivity index (χ3n) is 3.55. The van der Waals surface area contributed by atoms with Crippen LogP contribution in [0.4, 0.5) is 0 Å². The molecule has 0 heterocycles. The zero-order chi connectivity index (χ0) is 19.3. The molecule has 2 aromatic carbocycles. The summed E-state index contributed by atoms with van der Waals surface area (Å²) in [5, 5.41) is 6.57. The molecule has 0 aliphatic carbocycles. The van der Waals surface area contributed by atoms with E-state index in [4.69, 9.17) is 4.74 Å². The van der Waals surface area contributed by atoms with Crippen molar-refractivity contribution in [1.29, 1.82) is 0 Å².